The number of hydrogen-bond acceptors (Lipinski definition) is 4. The molecule has 0 aromatic heterocycles. The quantitative estimate of drug-likeness (QED) is 0.471. The summed E-state index contributed by atoms with van der Waals surface area (Å²) in [4.78, 5) is 6.34. The number of nitrogens with zero attached hydrogens (tertiary/aromatic N) is 2. The van der Waals surface area contributed by atoms with E-state index < -0.39 is 14.6 Å². The number of aryl methyl sites for hydroxylation is 2. The Morgan fingerprint density at radius 3 is 2.63 bits per heavy atom. The van der Waals surface area contributed by atoms with E-state index in [0.29, 0.717) is 19.7 Å². The number of hydrogen-bond donors (Lipinski definition) is 1. The van der Waals surface area contributed by atoms with Crippen molar-refractivity contribution in [1.29, 1.82) is 0 Å². The van der Waals surface area contributed by atoms with Crippen molar-refractivity contribution in [3.8, 4) is 5.75 Å². The number of aliphatic imine (C=N–C) groups is 1. The standard InChI is InChI=1S/C20H33N3O3S/c1-15-12-16(2)17(3)18(13-15)26-10-7-8-22-19(21-6)23-9-11-27(24,25)20(4,5)14-23/h12-13H,7-11,14H2,1-6H3,(H,21,22). The molecule has 0 aliphatic carbocycles. The highest BCUT2D eigenvalue weighted by atomic mass is 32.2. The number of nitrogens with one attached hydrogen (secondary N) is 1. The van der Waals surface area contributed by atoms with Gasteiger partial charge in [0.15, 0.2) is 15.8 Å². The second-order valence-corrected chi connectivity index (χ2v) is 10.6. The van der Waals surface area contributed by atoms with Crippen LogP contribution in [0.3, 0.4) is 0 Å². The predicted octanol–water partition coefficient (Wildman–Crippen LogP) is 2.47. The van der Waals surface area contributed by atoms with Crippen LogP contribution >= 0.6 is 0 Å². The van der Waals surface area contributed by atoms with Crippen molar-refractivity contribution in [3.05, 3.63) is 28.8 Å². The van der Waals surface area contributed by atoms with Crippen LogP contribution in [0.1, 0.15) is 37.0 Å². The highest BCUT2D eigenvalue weighted by molar-refractivity contribution is 7.92. The molecule has 27 heavy (non-hydrogen) atoms. The van der Waals surface area contributed by atoms with E-state index in [1.165, 1.54) is 16.7 Å². The lowest BCUT2D eigenvalue weighted by Crippen LogP contribution is -2.57. The molecule has 6 nitrogen and oxygen atoms in total. The van der Waals surface area contributed by atoms with Gasteiger partial charge in [0, 0.05) is 26.7 Å². The van der Waals surface area contributed by atoms with Crippen LogP contribution < -0.4 is 10.1 Å². The molecule has 1 aliphatic heterocycles. The summed E-state index contributed by atoms with van der Waals surface area (Å²) in [7, 11) is -1.32. The maximum atomic E-state index is 12.2. The Bertz CT molecular complexity index is 801. The van der Waals surface area contributed by atoms with Crippen LogP contribution in [0.25, 0.3) is 0 Å². The van der Waals surface area contributed by atoms with Crippen LogP contribution in [0.15, 0.2) is 17.1 Å². The monoisotopic (exact) mass is 395 g/mol. The Hall–Kier alpha value is -1.76. The largest absolute Gasteiger partial charge is 0.493 e. The van der Waals surface area contributed by atoms with Gasteiger partial charge in [-0.05, 0) is 63.8 Å². The molecule has 0 saturated carbocycles. The van der Waals surface area contributed by atoms with Gasteiger partial charge in [-0.25, -0.2) is 8.42 Å². The smallest absolute Gasteiger partial charge is 0.193 e. The first kappa shape index (κ1) is 21.5. The molecule has 0 bridgehead atoms. The van der Waals surface area contributed by atoms with Crippen LogP contribution in [-0.4, -0.2) is 63.1 Å². The molecule has 7 heteroatoms. The second kappa shape index (κ2) is 8.50. The molecule has 1 aliphatic rings. The van der Waals surface area contributed by atoms with Crippen LogP contribution in [-0.2, 0) is 9.84 Å². The molecule has 2 rings (SSSR count). The third-order valence-electron chi connectivity index (χ3n) is 5.18. The molecule has 0 radical (unpaired) electrons. The maximum absolute atomic E-state index is 12.2. The van der Waals surface area contributed by atoms with Crippen molar-refractivity contribution in [3.63, 3.8) is 0 Å². The van der Waals surface area contributed by atoms with Crippen molar-refractivity contribution in [1.82, 2.24) is 10.2 Å². The molecule has 1 fully saturated rings. The summed E-state index contributed by atoms with van der Waals surface area (Å²) in [6.45, 7) is 12.1. The summed E-state index contributed by atoms with van der Waals surface area (Å²) in [6.07, 6.45) is 0.834. The molecular weight excluding hydrogens is 362 g/mol. The number of ether oxygens (including phenoxy) is 1. The lowest BCUT2D eigenvalue weighted by molar-refractivity contribution is 0.306. The summed E-state index contributed by atoms with van der Waals surface area (Å²) in [5.41, 5.74) is 3.63. The van der Waals surface area contributed by atoms with Crippen LogP contribution in [0, 0.1) is 20.8 Å². The Balaban J connectivity index is 1.83. The lowest BCUT2D eigenvalue weighted by atomic mass is 10.1. The fourth-order valence-corrected chi connectivity index (χ4v) is 4.63. The molecule has 1 aromatic carbocycles. The van der Waals surface area contributed by atoms with Crippen LogP contribution in [0.4, 0.5) is 0 Å². The van der Waals surface area contributed by atoms with Gasteiger partial charge in [-0.1, -0.05) is 6.07 Å². The molecule has 1 N–H and O–H groups in total. The van der Waals surface area contributed by atoms with Gasteiger partial charge < -0.3 is 15.0 Å². The van der Waals surface area contributed by atoms with Crippen LogP contribution in [0.2, 0.25) is 0 Å². The first-order valence-electron chi connectivity index (χ1n) is 9.46. The third-order valence-corrected chi connectivity index (χ3v) is 7.71. The summed E-state index contributed by atoms with van der Waals surface area (Å²) >= 11 is 0. The van der Waals surface area contributed by atoms with Crippen LogP contribution in [0.5, 0.6) is 5.75 Å². The maximum Gasteiger partial charge on any atom is 0.193 e. The summed E-state index contributed by atoms with van der Waals surface area (Å²) in [5.74, 6) is 1.86. The number of rotatable bonds is 5. The zero-order valence-electron chi connectivity index (χ0n) is 17.4. The van der Waals surface area contributed by atoms with Gasteiger partial charge in [0.05, 0.1) is 17.1 Å². The number of sulfone groups is 1. The fourth-order valence-electron chi connectivity index (χ4n) is 3.26. The van der Waals surface area contributed by atoms with Crippen molar-refractivity contribution in [2.45, 2.75) is 45.8 Å². The number of benzene rings is 1. The Labute approximate surface area is 163 Å². The zero-order valence-corrected chi connectivity index (χ0v) is 18.2. The Morgan fingerprint density at radius 2 is 2.00 bits per heavy atom. The molecule has 1 heterocycles. The molecular formula is C20H33N3O3S. The van der Waals surface area contributed by atoms with E-state index in [9.17, 15) is 8.42 Å². The average molecular weight is 396 g/mol. The summed E-state index contributed by atoms with van der Waals surface area (Å²) in [6, 6.07) is 4.24. The zero-order chi connectivity index (χ0) is 20.2. The van der Waals surface area contributed by atoms with E-state index in [2.05, 4.69) is 43.2 Å². The van der Waals surface area contributed by atoms with Gasteiger partial charge in [-0.15, -0.1) is 0 Å². The lowest BCUT2D eigenvalue weighted by Gasteiger charge is -2.39. The van der Waals surface area contributed by atoms with E-state index in [4.69, 9.17) is 4.74 Å². The van der Waals surface area contributed by atoms with Crippen molar-refractivity contribution < 1.29 is 13.2 Å². The van der Waals surface area contributed by atoms with Gasteiger partial charge in [0.2, 0.25) is 0 Å². The molecule has 0 spiro atoms. The van der Waals surface area contributed by atoms with Gasteiger partial charge >= 0.3 is 0 Å². The topological polar surface area (TPSA) is 71.0 Å². The first-order chi connectivity index (χ1) is 12.6. The third kappa shape index (κ3) is 5.15. The van der Waals surface area contributed by atoms with Crippen molar-refractivity contribution in [2.24, 2.45) is 4.99 Å². The normalized spacial score (nSPS) is 19.0. The second-order valence-electron chi connectivity index (χ2n) is 7.88. The minimum atomic E-state index is -3.05. The molecule has 0 unspecified atom stereocenters. The number of guanidine groups is 1. The van der Waals surface area contributed by atoms with Crippen molar-refractivity contribution in [2.75, 3.05) is 39.0 Å². The minimum Gasteiger partial charge on any atom is -0.493 e. The Kier molecular flexibility index (Phi) is 6.78. The molecule has 0 amide bonds. The fraction of sp³-hybridized carbons (Fsp3) is 0.650. The van der Waals surface area contributed by atoms with Crippen molar-refractivity contribution >= 4 is 15.8 Å². The van der Waals surface area contributed by atoms with Gasteiger partial charge in [-0.2, -0.15) is 0 Å². The molecule has 152 valence electrons. The summed E-state index contributed by atoms with van der Waals surface area (Å²) in [5, 5.41) is 3.33. The van der Waals surface area contributed by atoms with E-state index >= 15 is 0 Å². The Morgan fingerprint density at radius 1 is 1.30 bits per heavy atom. The predicted molar refractivity (Wildman–Crippen MR) is 112 cm³/mol. The highest BCUT2D eigenvalue weighted by Crippen LogP contribution is 2.24. The van der Waals surface area contributed by atoms with Gasteiger partial charge in [0.25, 0.3) is 0 Å². The summed E-state index contributed by atoms with van der Waals surface area (Å²) < 4.78 is 29.5. The van der Waals surface area contributed by atoms with Gasteiger partial charge in [0.1, 0.15) is 5.75 Å². The van der Waals surface area contributed by atoms with E-state index in [1.54, 1.807) is 20.9 Å². The molecule has 0 atom stereocenters. The van der Waals surface area contributed by atoms with E-state index in [1.807, 2.05) is 4.90 Å². The average Bonchev–Trinajstić information content (AvgIpc) is 2.58. The SMILES string of the molecule is CN=C(NCCCOc1cc(C)cc(C)c1C)N1CCS(=O)(=O)C(C)(C)C1. The molecule has 1 aromatic rings. The minimum absolute atomic E-state index is 0.162. The van der Waals surface area contributed by atoms with E-state index in [-0.39, 0.29) is 5.75 Å². The van der Waals surface area contributed by atoms with E-state index in [0.717, 1.165) is 24.7 Å². The first-order valence-corrected chi connectivity index (χ1v) is 11.1. The highest BCUT2D eigenvalue weighted by Gasteiger charge is 2.40. The van der Waals surface area contributed by atoms with Gasteiger partial charge in [-0.3, -0.25) is 4.99 Å². The molecule has 1 saturated heterocycles.